The number of carbonyl (C=O) groups excluding carboxylic acids is 1. The zero-order chi connectivity index (χ0) is 17.2. The molecule has 1 nitrogen and oxygen atoms in total. The molecule has 0 N–H and O–H groups in total. The van der Waals surface area contributed by atoms with Crippen LogP contribution in [0.1, 0.15) is 23.6 Å². The number of benzene rings is 3. The van der Waals surface area contributed by atoms with Gasteiger partial charge in [0.2, 0.25) is 0 Å². The summed E-state index contributed by atoms with van der Waals surface area (Å²) in [5.41, 5.74) is -0.701. The zero-order valence-electron chi connectivity index (χ0n) is 13.2. The molecule has 0 aliphatic rings. The highest BCUT2D eigenvalue weighted by Crippen LogP contribution is 2.42. The summed E-state index contributed by atoms with van der Waals surface area (Å²) in [5, 5.41) is 0. The van der Waals surface area contributed by atoms with Crippen LogP contribution in [0.3, 0.4) is 0 Å². The van der Waals surface area contributed by atoms with Crippen LogP contribution in [0.4, 0.5) is 8.78 Å². The first-order valence-corrected chi connectivity index (χ1v) is 7.65. The third-order valence-electron chi connectivity index (χ3n) is 4.29. The van der Waals surface area contributed by atoms with Gasteiger partial charge in [0.15, 0.2) is 0 Å². The van der Waals surface area contributed by atoms with E-state index < -0.39 is 17.0 Å². The van der Waals surface area contributed by atoms with Crippen LogP contribution in [0.2, 0.25) is 0 Å². The Morgan fingerprint density at radius 1 is 0.708 bits per heavy atom. The summed E-state index contributed by atoms with van der Waals surface area (Å²) < 4.78 is 29.3. The molecule has 0 saturated carbocycles. The lowest BCUT2D eigenvalue weighted by atomic mass is 9.66. The smallest absolute Gasteiger partial charge is 0.149 e. The lowest BCUT2D eigenvalue weighted by molar-refractivity contribution is -0.120. The molecule has 0 radical (unpaired) electrons. The van der Waals surface area contributed by atoms with E-state index in [-0.39, 0.29) is 16.9 Å². The molecule has 24 heavy (non-hydrogen) atoms. The van der Waals surface area contributed by atoms with Gasteiger partial charge in [0, 0.05) is 11.1 Å². The summed E-state index contributed by atoms with van der Waals surface area (Å²) in [6.07, 6.45) is 0. The van der Waals surface area contributed by atoms with Crippen LogP contribution < -0.4 is 0 Å². The molecule has 0 spiro atoms. The van der Waals surface area contributed by atoms with Crippen LogP contribution in [0.5, 0.6) is 0 Å². The fourth-order valence-corrected chi connectivity index (χ4v) is 3.26. The largest absolute Gasteiger partial charge is 0.298 e. The van der Waals surface area contributed by atoms with Gasteiger partial charge >= 0.3 is 0 Å². The topological polar surface area (TPSA) is 17.1 Å². The molecule has 3 aromatic carbocycles. The minimum Gasteiger partial charge on any atom is -0.298 e. The Bertz CT molecular complexity index is 826. The molecule has 0 aromatic heterocycles. The molecule has 0 aliphatic heterocycles. The summed E-state index contributed by atoms with van der Waals surface area (Å²) in [6, 6.07) is 20.8. The van der Waals surface area contributed by atoms with E-state index in [4.69, 9.17) is 0 Å². The molecule has 0 heterocycles. The first-order chi connectivity index (χ1) is 11.6. The van der Waals surface area contributed by atoms with Crippen molar-refractivity contribution in [2.24, 2.45) is 0 Å². The number of halogens is 2. The van der Waals surface area contributed by atoms with Gasteiger partial charge in [0.1, 0.15) is 22.8 Å². The van der Waals surface area contributed by atoms with Crippen LogP contribution in [-0.2, 0) is 10.2 Å². The Labute approximate surface area is 139 Å². The van der Waals surface area contributed by atoms with Gasteiger partial charge in [0.05, 0.1) is 0 Å². The Hall–Kier alpha value is -2.81. The monoisotopic (exact) mass is 322 g/mol. The normalized spacial score (nSPS) is 11.3. The molecule has 120 valence electrons. The van der Waals surface area contributed by atoms with Gasteiger partial charge < -0.3 is 0 Å². The highest BCUT2D eigenvalue weighted by atomic mass is 19.1. The second-order valence-corrected chi connectivity index (χ2v) is 5.63. The van der Waals surface area contributed by atoms with Crippen molar-refractivity contribution in [2.75, 3.05) is 0 Å². The molecular weight excluding hydrogens is 306 g/mol. The SMILES string of the molecule is CC(=O)C(c1ccccc1)(c1ccccc1F)c1ccccc1F. The van der Waals surface area contributed by atoms with Gasteiger partial charge in [0.25, 0.3) is 0 Å². The molecule has 0 aliphatic carbocycles. The van der Waals surface area contributed by atoms with E-state index in [0.29, 0.717) is 5.56 Å². The predicted octanol–water partition coefficient (Wildman–Crippen LogP) is 4.89. The highest BCUT2D eigenvalue weighted by molar-refractivity contribution is 5.96. The second-order valence-electron chi connectivity index (χ2n) is 5.63. The maximum atomic E-state index is 14.7. The van der Waals surface area contributed by atoms with E-state index in [0.717, 1.165) is 0 Å². The van der Waals surface area contributed by atoms with E-state index in [1.807, 2.05) is 0 Å². The van der Waals surface area contributed by atoms with Gasteiger partial charge in [-0.25, -0.2) is 8.78 Å². The molecule has 0 unspecified atom stereocenters. The Morgan fingerprint density at radius 2 is 1.12 bits per heavy atom. The number of ketones is 1. The van der Waals surface area contributed by atoms with E-state index in [9.17, 15) is 13.6 Å². The summed E-state index contributed by atoms with van der Waals surface area (Å²) in [6.45, 7) is 1.37. The minimum atomic E-state index is -1.53. The van der Waals surface area contributed by atoms with E-state index in [1.165, 1.54) is 31.2 Å². The third-order valence-corrected chi connectivity index (χ3v) is 4.29. The predicted molar refractivity (Wildman–Crippen MR) is 89.8 cm³/mol. The maximum Gasteiger partial charge on any atom is 0.149 e. The van der Waals surface area contributed by atoms with E-state index >= 15 is 0 Å². The van der Waals surface area contributed by atoms with Crippen LogP contribution in [0, 0.1) is 11.6 Å². The molecular formula is C21H16F2O. The lowest BCUT2D eigenvalue weighted by Gasteiger charge is -2.33. The van der Waals surface area contributed by atoms with Gasteiger partial charge in [-0.3, -0.25) is 4.79 Å². The van der Waals surface area contributed by atoms with Crippen LogP contribution in [0.15, 0.2) is 78.9 Å². The van der Waals surface area contributed by atoms with Crippen LogP contribution in [0.25, 0.3) is 0 Å². The molecule has 0 saturated heterocycles. The second kappa shape index (κ2) is 6.36. The number of hydrogen-bond acceptors (Lipinski definition) is 1. The Morgan fingerprint density at radius 3 is 1.54 bits per heavy atom. The Balaban J connectivity index is 2.47. The molecule has 0 bridgehead atoms. The minimum absolute atomic E-state index is 0.147. The molecule has 3 rings (SSSR count). The summed E-state index contributed by atoms with van der Waals surface area (Å²) in [4.78, 5) is 12.8. The van der Waals surface area contributed by atoms with Crippen LogP contribution >= 0.6 is 0 Å². The van der Waals surface area contributed by atoms with Gasteiger partial charge in [-0.05, 0) is 24.6 Å². The van der Waals surface area contributed by atoms with Crippen molar-refractivity contribution in [3.05, 3.63) is 107 Å². The fraction of sp³-hybridized carbons (Fsp3) is 0.0952. The number of carbonyl (C=O) groups is 1. The van der Waals surface area contributed by atoms with Gasteiger partial charge in [-0.2, -0.15) is 0 Å². The standard InChI is InChI=1S/C21H16F2O/c1-15(24)21(16-9-3-2-4-10-16,17-11-5-7-13-19(17)22)18-12-6-8-14-20(18)23/h2-14H,1H3. The average Bonchev–Trinajstić information content (AvgIpc) is 2.59. The first-order valence-electron chi connectivity index (χ1n) is 7.65. The zero-order valence-corrected chi connectivity index (χ0v) is 13.2. The Kier molecular flexibility index (Phi) is 4.26. The van der Waals surface area contributed by atoms with Crippen molar-refractivity contribution in [3.8, 4) is 0 Å². The van der Waals surface area contributed by atoms with E-state index in [2.05, 4.69) is 0 Å². The molecule has 0 amide bonds. The van der Waals surface area contributed by atoms with Crippen molar-refractivity contribution in [1.82, 2.24) is 0 Å². The van der Waals surface area contributed by atoms with Gasteiger partial charge in [-0.1, -0.05) is 66.7 Å². The highest BCUT2D eigenvalue weighted by Gasteiger charge is 2.44. The lowest BCUT2D eigenvalue weighted by Crippen LogP contribution is -2.38. The molecule has 0 atom stereocenters. The van der Waals surface area contributed by atoms with Crippen molar-refractivity contribution < 1.29 is 13.6 Å². The van der Waals surface area contributed by atoms with Crippen LogP contribution in [-0.4, -0.2) is 5.78 Å². The number of hydrogen-bond donors (Lipinski definition) is 0. The number of rotatable bonds is 4. The summed E-state index contributed by atoms with van der Waals surface area (Å²) in [7, 11) is 0. The molecule has 3 aromatic rings. The van der Waals surface area contributed by atoms with Crippen molar-refractivity contribution >= 4 is 5.78 Å². The quantitative estimate of drug-likeness (QED) is 0.625. The average molecular weight is 322 g/mol. The van der Waals surface area contributed by atoms with Crippen molar-refractivity contribution in [1.29, 1.82) is 0 Å². The fourth-order valence-electron chi connectivity index (χ4n) is 3.26. The number of Topliss-reactive ketones (excluding diaryl/α,β-unsaturated/α-hetero) is 1. The van der Waals surface area contributed by atoms with Gasteiger partial charge in [-0.15, -0.1) is 0 Å². The molecule has 0 fully saturated rings. The molecule has 3 heteroatoms. The summed E-state index contributed by atoms with van der Waals surface area (Å²) in [5.74, 6) is -1.43. The van der Waals surface area contributed by atoms with Crippen molar-refractivity contribution in [2.45, 2.75) is 12.3 Å². The first kappa shape index (κ1) is 16.1. The maximum absolute atomic E-state index is 14.7. The van der Waals surface area contributed by atoms with E-state index in [1.54, 1.807) is 54.6 Å². The summed E-state index contributed by atoms with van der Waals surface area (Å²) >= 11 is 0. The van der Waals surface area contributed by atoms with Crippen molar-refractivity contribution in [3.63, 3.8) is 0 Å². The third kappa shape index (κ3) is 2.42.